The predicted octanol–water partition coefficient (Wildman–Crippen LogP) is 3.59. The van der Waals surface area contributed by atoms with Crippen LogP contribution in [-0.2, 0) is 6.42 Å². The zero-order valence-electron chi connectivity index (χ0n) is 12.0. The van der Waals surface area contributed by atoms with Crippen LogP contribution < -0.4 is 5.32 Å². The summed E-state index contributed by atoms with van der Waals surface area (Å²) < 4.78 is 0. The van der Waals surface area contributed by atoms with Crippen LogP contribution in [0.25, 0.3) is 10.8 Å². The molecule has 2 N–H and O–H groups in total. The van der Waals surface area contributed by atoms with Gasteiger partial charge in [0.25, 0.3) is 0 Å². The van der Waals surface area contributed by atoms with Gasteiger partial charge in [-0.1, -0.05) is 36.4 Å². The second-order valence-corrected chi connectivity index (χ2v) is 5.06. The maximum absolute atomic E-state index is 11.1. The van der Waals surface area contributed by atoms with Crippen molar-refractivity contribution in [3.8, 4) is 0 Å². The molecule has 4 heteroatoms. The molecule has 0 aliphatic heterocycles. The highest BCUT2D eigenvalue weighted by atomic mass is 16.4. The monoisotopic (exact) mass is 292 g/mol. The van der Waals surface area contributed by atoms with Crippen LogP contribution in [0.4, 0.5) is 5.82 Å². The lowest BCUT2D eigenvalue weighted by Crippen LogP contribution is -2.07. The second-order valence-electron chi connectivity index (χ2n) is 5.06. The molecule has 110 valence electrons. The largest absolute Gasteiger partial charge is 0.478 e. The highest BCUT2D eigenvalue weighted by Gasteiger charge is 2.07. The summed E-state index contributed by atoms with van der Waals surface area (Å²) in [5, 5.41) is 14.2. The Balaban J connectivity index is 1.80. The zero-order valence-corrected chi connectivity index (χ0v) is 12.0. The third-order valence-corrected chi connectivity index (χ3v) is 3.56. The van der Waals surface area contributed by atoms with Crippen LogP contribution in [0.1, 0.15) is 15.9 Å². The van der Waals surface area contributed by atoms with Gasteiger partial charge in [-0.15, -0.1) is 0 Å². The quantitative estimate of drug-likeness (QED) is 0.754. The van der Waals surface area contributed by atoms with Gasteiger partial charge in [0.2, 0.25) is 0 Å². The molecular formula is C18H16N2O2. The molecule has 4 nitrogen and oxygen atoms in total. The second kappa shape index (κ2) is 6.26. The number of aromatic nitrogens is 1. The lowest BCUT2D eigenvalue weighted by atomic mass is 10.1. The Hall–Kier alpha value is -2.88. The maximum Gasteiger partial charge on any atom is 0.335 e. The summed E-state index contributed by atoms with van der Waals surface area (Å²) in [5.41, 5.74) is 1.52. The number of rotatable bonds is 5. The number of nitrogens with zero attached hydrogens (tertiary/aromatic N) is 1. The molecule has 1 aromatic heterocycles. The van der Waals surface area contributed by atoms with Gasteiger partial charge in [0, 0.05) is 18.1 Å². The number of fused-ring (bicyclic) bond motifs is 1. The van der Waals surface area contributed by atoms with Gasteiger partial charge in [-0.25, -0.2) is 9.78 Å². The lowest BCUT2D eigenvalue weighted by molar-refractivity contribution is 0.0697. The van der Waals surface area contributed by atoms with Crippen molar-refractivity contribution in [3.63, 3.8) is 0 Å². The van der Waals surface area contributed by atoms with E-state index in [1.807, 2.05) is 30.3 Å². The van der Waals surface area contributed by atoms with E-state index in [-0.39, 0.29) is 5.56 Å². The average molecular weight is 292 g/mol. The molecular weight excluding hydrogens is 276 g/mol. The first-order valence-electron chi connectivity index (χ1n) is 7.14. The highest BCUT2D eigenvalue weighted by molar-refractivity contribution is 5.98. The Morgan fingerprint density at radius 3 is 2.68 bits per heavy atom. The molecule has 0 aliphatic rings. The summed E-state index contributed by atoms with van der Waals surface area (Å²) in [5.74, 6) is -0.211. The lowest BCUT2D eigenvalue weighted by Gasteiger charge is -2.09. The first-order chi connectivity index (χ1) is 10.7. The molecule has 2 aromatic carbocycles. The van der Waals surface area contributed by atoms with Crippen molar-refractivity contribution >= 4 is 22.6 Å². The summed E-state index contributed by atoms with van der Waals surface area (Å²) in [4.78, 5) is 15.4. The summed E-state index contributed by atoms with van der Waals surface area (Å²) in [6.45, 7) is 0.743. The molecule has 3 rings (SSSR count). The van der Waals surface area contributed by atoms with E-state index >= 15 is 0 Å². The number of hydrogen-bond acceptors (Lipinski definition) is 3. The van der Waals surface area contributed by atoms with Crippen molar-refractivity contribution in [2.75, 3.05) is 11.9 Å². The standard InChI is InChI=1S/C18H16N2O2/c21-18(22)15-7-6-14-9-11-20-17(16(14)12-15)19-10-8-13-4-2-1-3-5-13/h1-7,9,11-12H,8,10H2,(H,19,20)(H,21,22). The molecule has 22 heavy (non-hydrogen) atoms. The summed E-state index contributed by atoms with van der Waals surface area (Å²) in [7, 11) is 0. The molecule has 1 heterocycles. The average Bonchev–Trinajstić information content (AvgIpc) is 2.55. The molecule has 0 saturated carbocycles. The molecule has 0 bridgehead atoms. The van der Waals surface area contributed by atoms with E-state index in [9.17, 15) is 4.79 Å². The Kier molecular flexibility index (Phi) is 4.01. The number of aromatic carboxylic acids is 1. The van der Waals surface area contributed by atoms with Gasteiger partial charge in [-0.2, -0.15) is 0 Å². The van der Waals surface area contributed by atoms with Crippen LogP contribution in [-0.4, -0.2) is 22.6 Å². The topological polar surface area (TPSA) is 62.2 Å². The minimum absolute atomic E-state index is 0.270. The summed E-state index contributed by atoms with van der Waals surface area (Å²) in [6, 6.07) is 17.2. The summed E-state index contributed by atoms with van der Waals surface area (Å²) in [6.07, 6.45) is 2.62. The van der Waals surface area contributed by atoms with E-state index in [2.05, 4.69) is 22.4 Å². The Bertz CT molecular complexity index is 801. The van der Waals surface area contributed by atoms with Crippen molar-refractivity contribution in [3.05, 3.63) is 71.9 Å². The van der Waals surface area contributed by atoms with Crippen LogP contribution in [0.3, 0.4) is 0 Å². The van der Waals surface area contributed by atoms with Crippen molar-refractivity contribution in [1.82, 2.24) is 4.98 Å². The number of anilines is 1. The van der Waals surface area contributed by atoms with Crippen molar-refractivity contribution in [2.24, 2.45) is 0 Å². The van der Waals surface area contributed by atoms with E-state index in [0.717, 1.165) is 29.6 Å². The third-order valence-electron chi connectivity index (χ3n) is 3.56. The molecule has 0 radical (unpaired) electrons. The fourth-order valence-electron chi connectivity index (χ4n) is 2.41. The van der Waals surface area contributed by atoms with Gasteiger partial charge in [0.05, 0.1) is 5.56 Å². The molecule has 0 unspecified atom stereocenters. The van der Waals surface area contributed by atoms with E-state index in [1.165, 1.54) is 5.56 Å². The number of pyridine rings is 1. The van der Waals surface area contributed by atoms with Gasteiger partial charge < -0.3 is 10.4 Å². The molecule has 0 atom stereocenters. The number of benzene rings is 2. The Labute approximate surface area is 128 Å². The van der Waals surface area contributed by atoms with Gasteiger partial charge in [0.1, 0.15) is 5.82 Å². The number of carboxylic acids is 1. The number of carboxylic acid groups (broad SMARTS) is 1. The SMILES string of the molecule is O=C(O)c1ccc2ccnc(NCCc3ccccc3)c2c1. The van der Waals surface area contributed by atoms with Crippen LogP contribution in [0.2, 0.25) is 0 Å². The smallest absolute Gasteiger partial charge is 0.335 e. The minimum Gasteiger partial charge on any atom is -0.478 e. The Morgan fingerprint density at radius 2 is 1.91 bits per heavy atom. The Morgan fingerprint density at radius 1 is 1.09 bits per heavy atom. The number of hydrogen-bond donors (Lipinski definition) is 2. The van der Waals surface area contributed by atoms with Gasteiger partial charge in [0.15, 0.2) is 0 Å². The van der Waals surface area contributed by atoms with E-state index in [4.69, 9.17) is 5.11 Å². The zero-order chi connectivity index (χ0) is 15.4. The van der Waals surface area contributed by atoms with E-state index < -0.39 is 5.97 Å². The minimum atomic E-state index is -0.930. The van der Waals surface area contributed by atoms with Crippen LogP contribution in [0.5, 0.6) is 0 Å². The summed E-state index contributed by atoms with van der Waals surface area (Å²) >= 11 is 0. The fraction of sp³-hybridized carbons (Fsp3) is 0.111. The number of carbonyl (C=O) groups is 1. The molecule has 0 fully saturated rings. The molecule has 0 amide bonds. The van der Waals surface area contributed by atoms with Crippen LogP contribution >= 0.6 is 0 Å². The molecule has 0 spiro atoms. The first-order valence-corrected chi connectivity index (χ1v) is 7.14. The maximum atomic E-state index is 11.1. The van der Waals surface area contributed by atoms with Crippen molar-refractivity contribution < 1.29 is 9.90 Å². The normalized spacial score (nSPS) is 10.5. The van der Waals surface area contributed by atoms with E-state index in [1.54, 1.807) is 18.3 Å². The van der Waals surface area contributed by atoms with Gasteiger partial charge >= 0.3 is 5.97 Å². The molecule has 0 saturated heterocycles. The van der Waals surface area contributed by atoms with Crippen molar-refractivity contribution in [2.45, 2.75) is 6.42 Å². The first kappa shape index (κ1) is 14.1. The highest BCUT2D eigenvalue weighted by Crippen LogP contribution is 2.22. The molecule has 0 aliphatic carbocycles. The van der Waals surface area contributed by atoms with Crippen molar-refractivity contribution in [1.29, 1.82) is 0 Å². The number of nitrogens with one attached hydrogen (secondary N) is 1. The predicted molar refractivity (Wildman–Crippen MR) is 87.3 cm³/mol. The van der Waals surface area contributed by atoms with Gasteiger partial charge in [-0.3, -0.25) is 0 Å². The molecule has 3 aromatic rings. The van der Waals surface area contributed by atoms with E-state index in [0.29, 0.717) is 0 Å². The van der Waals surface area contributed by atoms with Crippen LogP contribution in [0, 0.1) is 0 Å². The van der Waals surface area contributed by atoms with Crippen LogP contribution in [0.15, 0.2) is 60.8 Å². The third kappa shape index (κ3) is 3.06. The fourth-order valence-corrected chi connectivity index (χ4v) is 2.41. The van der Waals surface area contributed by atoms with Gasteiger partial charge in [-0.05, 0) is 35.6 Å².